The van der Waals surface area contributed by atoms with Gasteiger partial charge in [0.15, 0.2) is 0 Å². The molecule has 1 fully saturated rings. The highest BCUT2D eigenvalue weighted by Crippen LogP contribution is 2.27. The molecule has 0 aromatic heterocycles. The Morgan fingerprint density at radius 3 is 3.00 bits per heavy atom. The molecule has 0 aromatic rings. The zero-order valence-corrected chi connectivity index (χ0v) is 6.77. The van der Waals surface area contributed by atoms with E-state index >= 15 is 0 Å². The van der Waals surface area contributed by atoms with Crippen molar-refractivity contribution in [3.05, 3.63) is 12.7 Å². The van der Waals surface area contributed by atoms with Crippen LogP contribution >= 0.6 is 0 Å². The predicted octanol–water partition coefficient (Wildman–Crippen LogP) is 1.95. The van der Waals surface area contributed by atoms with Crippen LogP contribution in [0.2, 0.25) is 0 Å². The fraction of sp³-hybridized carbons (Fsp3) is 0.778. The summed E-state index contributed by atoms with van der Waals surface area (Å²) in [5, 5.41) is 3.35. The van der Waals surface area contributed by atoms with E-state index in [2.05, 4.69) is 18.9 Å². The fourth-order valence-corrected chi connectivity index (χ4v) is 1.91. The Bertz CT molecular complexity index is 109. The second kappa shape index (κ2) is 3.77. The SMILES string of the molecule is C=CCC1CCCC1NC. The van der Waals surface area contributed by atoms with Gasteiger partial charge in [-0.05, 0) is 32.2 Å². The molecule has 0 saturated heterocycles. The van der Waals surface area contributed by atoms with Gasteiger partial charge in [-0.1, -0.05) is 12.5 Å². The molecule has 1 saturated carbocycles. The molecule has 1 nitrogen and oxygen atoms in total. The second-order valence-electron chi connectivity index (χ2n) is 3.11. The molecular weight excluding hydrogens is 122 g/mol. The van der Waals surface area contributed by atoms with E-state index in [-0.39, 0.29) is 0 Å². The van der Waals surface area contributed by atoms with Gasteiger partial charge < -0.3 is 5.32 Å². The Labute approximate surface area is 63.5 Å². The minimum Gasteiger partial charge on any atom is -0.317 e. The largest absolute Gasteiger partial charge is 0.317 e. The molecule has 1 N–H and O–H groups in total. The highest BCUT2D eigenvalue weighted by atomic mass is 14.9. The Morgan fingerprint density at radius 2 is 2.40 bits per heavy atom. The third-order valence-corrected chi connectivity index (χ3v) is 2.50. The first-order valence-electron chi connectivity index (χ1n) is 4.16. The number of rotatable bonds is 3. The van der Waals surface area contributed by atoms with Crippen molar-refractivity contribution in [1.82, 2.24) is 5.32 Å². The van der Waals surface area contributed by atoms with Crippen LogP contribution in [0.25, 0.3) is 0 Å². The van der Waals surface area contributed by atoms with Gasteiger partial charge in [-0.25, -0.2) is 0 Å². The second-order valence-corrected chi connectivity index (χ2v) is 3.11. The number of hydrogen-bond acceptors (Lipinski definition) is 1. The standard InChI is InChI=1S/C9H17N/c1-3-5-8-6-4-7-9(8)10-2/h3,8-10H,1,4-7H2,2H3. The van der Waals surface area contributed by atoms with Gasteiger partial charge in [0.2, 0.25) is 0 Å². The lowest BCUT2D eigenvalue weighted by molar-refractivity contribution is 0.430. The van der Waals surface area contributed by atoms with Crippen molar-refractivity contribution < 1.29 is 0 Å². The van der Waals surface area contributed by atoms with Gasteiger partial charge in [-0.2, -0.15) is 0 Å². The van der Waals surface area contributed by atoms with Crippen molar-refractivity contribution in [3.8, 4) is 0 Å². The third-order valence-electron chi connectivity index (χ3n) is 2.50. The maximum Gasteiger partial charge on any atom is 0.00952 e. The lowest BCUT2D eigenvalue weighted by Gasteiger charge is -2.16. The van der Waals surface area contributed by atoms with E-state index in [0.717, 1.165) is 12.0 Å². The molecular formula is C9H17N. The maximum atomic E-state index is 3.77. The molecule has 10 heavy (non-hydrogen) atoms. The summed E-state index contributed by atoms with van der Waals surface area (Å²) in [6, 6.07) is 0.762. The van der Waals surface area contributed by atoms with Crippen molar-refractivity contribution in [2.75, 3.05) is 7.05 Å². The highest BCUT2D eigenvalue weighted by molar-refractivity contribution is 4.86. The van der Waals surface area contributed by atoms with E-state index in [9.17, 15) is 0 Å². The Kier molecular flexibility index (Phi) is 2.94. The zero-order chi connectivity index (χ0) is 7.40. The summed E-state index contributed by atoms with van der Waals surface area (Å²) >= 11 is 0. The zero-order valence-electron chi connectivity index (χ0n) is 6.77. The molecule has 1 aliphatic rings. The molecule has 1 heteroatoms. The summed E-state index contributed by atoms with van der Waals surface area (Å²) in [7, 11) is 2.06. The summed E-state index contributed by atoms with van der Waals surface area (Å²) in [5.74, 6) is 0.863. The van der Waals surface area contributed by atoms with Crippen LogP contribution in [-0.2, 0) is 0 Å². The Hall–Kier alpha value is -0.300. The molecule has 1 rings (SSSR count). The van der Waals surface area contributed by atoms with E-state index in [1.165, 1.54) is 25.7 Å². The quantitative estimate of drug-likeness (QED) is 0.589. The molecule has 1 aliphatic carbocycles. The summed E-state index contributed by atoms with van der Waals surface area (Å²) in [4.78, 5) is 0. The Morgan fingerprint density at radius 1 is 1.60 bits per heavy atom. The van der Waals surface area contributed by atoms with Gasteiger partial charge in [-0.3, -0.25) is 0 Å². The first-order chi connectivity index (χ1) is 4.88. The lowest BCUT2D eigenvalue weighted by atomic mass is 10.00. The predicted molar refractivity (Wildman–Crippen MR) is 45.0 cm³/mol. The van der Waals surface area contributed by atoms with Crippen LogP contribution in [0.1, 0.15) is 25.7 Å². The van der Waals surface area contributed by atoms with Gasteiger partial charge in [0.1, 0.15) is 0 Å². The Balaban J connectivity index is 2.34. The van der Waals surface area contributed by atoms with Crippen LogP contribution in [0.15, 0.2) is 12.7 Å². The van der Waals surface area contributed by atoms with Crippen molar-refractivity contribution in [2.45, 2.75) is 31.7 Å². The number of nitrogens with one attached hydrogen (secondary N) is 1. The van der Waals surface area contributed by atoms with Gasteiger partial charge >= 0.3 is 0 Å². The average Bonchev–Trinajstić information content (AvgIpc) is 2.36. The van der Waals surface area contributed by atoms with E-state index < -0.39 is 0 Å². The van der Waals surface area contributed by atoms with E-state index in [1.807, 2.05) is 6.08 Å². The normalized spacial score (nSPS) is 32.5. The van der Waals surface area contributed by atoms with Gasteiger partial charge in [-0.15, -0.1) is 6.58 Å². The van der Waals surface area contributed by atoms with Crippen LogP contribution in [0.5, 0.6) is 0 Å². The van der Waals surface area contributed by atoms with Crippen LogP contribution in [0.3, 0.4) is 0 Å². The van der Waals surface area contributed by atoms with Crippen LogP contribution in [0, 0.1) is 5.92 Å². The first-order valence-corrected chi connectivity index (χ1v) is 4.16. The van der Waals surface area contributed by atoms with Gasteiger partial charge in [0, 0.05) is 6.04 Å². The number of allylic oxidation sites excluding steroid dienone is 1. The molecule has 0 bridgehead atoms. The van der Waals surface area contributed by atoms with E-state index in [4.69, 9.17) is 0 Å². The van der Waals surface area contributed by atoms with Crippen LogP contribution in [-0.4, -0.2) is 13.1 Å². The van der Waals surface area contributed by atoms with E-state index in [1.54, 1.807) is 0 Å². The van der Waals surface area contributed by atoms with Crippen molar-refractivity contribution in [2.24, 2.45) is 5.92 Å². The van der Waals surface area contributed by atoms with Gasteiger partial charge in [0.25, 0.3) is 0 Å². The molecule has 2 atom stereocenters. The molecule has 0 aromatic carbocycles. The topological polar surface area (TPSA) is 12.0 Å². The molecule has 0 spiro atoms. The smallest absolute Gasteiger partial charge is 0.00952 e. The lowest BCUT2D eigenvalue weighted by Crippen LogP contribution is -2.28. The van der Waals surface area contributed by atoms with Crippen molar-refractivity contribution in [1.29, 1.82) is 0 Å². The molecule has 0 heterocycles. The maximum absolute atomic E-state index is 3.77. The molecule has 2 unspecified atom stereocenters. The van der Waals surface area contributed by atoms with Gasteiger partial charge in [0.05, 0.1) is 0 Å². The summed E-state index contributed by atoms with van der Waals surface area (Å²) < 4.78 is 0. The monoisotopic (exact) mass is 139 g/mol. The summed E-state index contributed by atoms with van der Waals surface area (Å²) in [6.45, 7) is 3.77. The summed E-state index contributed by atoms with van der Waals surface area (Å²) in [6.07, 6.45) is 7.36. The minimum atomic E-state index is 0.762. The van der Waals surface area contributed by atoms with Crippen LogP contribution < -0.4 is 5.32 Å². The van der Waals surface area contributed by atoms with E-state index in [0.29, 0.717) is 0 Å². The highest BCUT2D eigenvalue weighted by Gasteiger charge is 2.23. The molecule has 0 aliphatic heterocycles. The molecule has 0 amide bonds. The third kappa shape index (κ3) is 1.60. The molecule has 0 radical (unpaired) electrons. The van der Waals surface area contributed by atoms with Crippen molar-refractivity contribution >= 4 is 0 Å². The van der Waals surface area contributed by atoms with Crippen molar-refractivity contribution in [3.63, 3.8) is 0 Å². The van der Waals surface area contributed by atoms with Crippen LogP contribution in [0.4, 0.5) is 0 Å². The summed E-state index contributed by atoms with van der Waals surface area (Å²) in [5.41, 5.74) is 0. The fourth-order valence-electron chi connectivity index (χ4n) is 1.91. The molecule has 58 valence electrons. The number of hydrogen-bond donors (Lipinski definition) is 1. The minimum absolute atomic E-state index is 0.762. The first kappa shape index (κ1) is 7.80. The average molecular weight is 139 g/mol.